The van der Waals surface area contributed by atoms with Gasteiger partial charge in [-0.25, -0.2) is 0 Å². The van der Waals surface area contributed by atoms with Crippen molar-refractivity contribution >= 4 is 23.3 Å². The van der Waals surface area contributed by atoms with Crippen LogP contribution in [0.3, 0.4) is 0 Å². The van der Waals surface area contributed by atoms with Crippen LogP contribution in [0, 0.1) is 5.92 Å². The highest BCUT2D eigenvalue weighted by Crippen LogP contribution is 2.28. The second-order valence-electron chi connectivity index (χ2n) is 6.24. The number of hydrogen-bond acceptors (Lipinski definition) is 5. The Balaban J connectivity index is 1.84. The smallest absolute Gasteiger partial charge is 0.288 e. The molecule has 7 nitrogen and oxygen atoms in total. The summed E-state index contributed by atoms with van der Waals surface area (Å²) in [5.41, 5.74) is 1.01. The van der Waals surface area contributed by atoms with Crippen LogP contribution < -0.4 is 15.0 Å². The Morgan fingerprint density at radius 2 is 1.76 bits per heavy atom. The Morgan fingerprint density at radius 3 is 2.36 bits per heavy atom. The summed E-state index contributed by atoms with van der Waals surface area (Å²) in [6.07, 6.45) is 0. The third kappa shape index (κ3) is 4.71. The number of ketones is 1. The quantitative estimate of drug-likeness (QED) is 0.766. The molecule has 2 amide bonds. The maximum Gasteiger partial charge on any atom is 0.288 e. The molecule has 0 aromatic heterocycles. The molecule has 0 aliphatic carbocycles. The summed E-state index contributed by atoms with van der Waals surface area (Å²) in [4.78, 5) is 39.3. The minimum atomic E-state index is -0.698. The Morgan fingerprint density at radius 1 is 1.12 bits per heavy atom. The van der Waals surface area contributed by atoms with E-state index in [4.69, 9.17) is 4.74 Å². The summed E-state index contributed by atoms with van der Waals surface area (Å²) in [6.45, 7) is 5.65. The number of rotatable bonds is 6. The van der Waals surface area contributed by atoms with Gasteiger partial charge < -0.3 is 19.9 Å². The lowest BCUT2D eigenvalue weighted by Crippen LogP contribution is -2.51. The van der Waals surface area contributed by atoms with Crippen molar-refractivity contribution in [3.05, 3.63) is 24.3 Å². The molecule has 0 unspecified atom stereocenters. The summed E-state index contributed by atoms with van der Waals surface area (Å²) in [6, 6.07) is 7.78. The van der Waals surface area contributed by atoms with Crippen molar-refractivity contribution in [1.82, 2.24) is 10.2 Å². The summed E-state index contributed by atoms with van der Waals surface area (Å²) in [5.74, 6) is -0.948. The summed E-state index contributed by atoms with van der Waals surface area (Å²) in [7, 11) is 1.64. The molecule has 0 saturated carbocycles. The van der Waals surface area contributed by atoms with Gasteiger partial charge in [-0.05, 0) is 12.1 Å². The Bertz CT molecular complexity index is 637. The molecule has 1 N–H and O–H groups in total. The van der Waals surface area contributed by atoms with Crippen LogP contribution in [0.1, 0.15) is 13.8 Å². The predicted octanol–water partition coefficient (Wildman–Crippen LogP) is 0.685. The van der Waals surface area contributed by atoms with Crippen molar-refractivity contribution in [3.63, 3.8) is 0 Å². The van der Waals surface area contributed by atoms with Crippen LogP contribution in [0.15, 0.2) is 24.3 Å². The zero-order valence-electron chi connectivity index (χ0n) is 14.9. The Kier molecular flexibility index (Phi) is 6.38. The fraction of sp³-hybridized carbons (Fsp3) is 0.500. The van der Waals surface area contributed by atoms with Gasteiger partial charge in [0.1, 0.15) is 5.75 Å². The number of para-hydroxylation sites is 2. The fourth-order valence-electron chi connectivity index (χ4n) is 2.70. The van der Waals surface area contributed by atoms with Gasteiger partial charge in [0.2, 0.25) is 11.7 Å². The number of methoxy groups -OCH3 is 1. The van der Waals surface area contributed by atoms with E-state index in [0.29, 0.717) is 26.2 Å². The van der Waals surface area contributed by atoms with Gasteiger partial charge in [0.25, 0.3) is 5.91 Å². The number of carbonyl (C=O) groups is 3. The molecule has 1 aliphatic rings. The monoisotopic (exact) mass is 347 g/mol. The van der Waals surface area contributed by atoms with E-state index in [1.54, 1.807) is 25.9 Å². The van der Waals surface area contributed by atoms with Crippen molar-refractivity contribution < 1.29 is 19.1 Å². The van der Waals surface area contributed by atoms with Gasteiger partial charge in [0, 0.05) is 32.1 Å². The van der Waals surface area contributed by atoms with Gasteiger partial charge in [-0.3, -0.25) is 14.4 Å². The molecular weight excluding hydrogens is 322 g/mol. The van der Waals surface area contributed by atoms with Crippen LogP contribution in [0.5, 0.6) is 5.75 Å². The van der Waals surface area contributed by atoms with Crippen molar-refractivity contribution in [2.45, 2.75) is 13.8 Å². The number of carbonyl (C=O) groups excluding carboxylic acids is 3. The first-order valence-corrected chi connectivity index (χ1v) is 8.41. The summed E-state index contributed by atoms with van der Waals surface area (Å²) >= 11 is 0. The summed E-state index contributed by atoms with van der Waals surface area (Å²) < 4.78 is 5.38. The minimum absolute atomic E-state index is 0.147. The molecular formula is C18H25N3O4. The lowest BCUT2D eigenvalue weighted by atomic mass is 10.1. The third-order valence-electron chi connectivity index (χ3n) is 4.21. The van der Waals surface area contributed by atoms with E-state index in [9.17, 15) is 14.4 Å². The number of hydrogen-bond donors (Lipinski definition) is 1. The van der Waals surface area contributed by atoms with Gasteiger partial charge in [0.05, 0.1) is 19.3 Å². The number of nitrogens with one attached hydrogen (secondary N) is 1. The van der Waals surface area contributed by atoms with Gasteiger partial charge >= 0.3 is 0 Å². The van der Waals surface area contributed by atoms with Crippen LogP contribution in [0.2, 0.25) is 0 Å². The second-order valence-corrected chi connectivity index (χ2v) is 6.24. The largest absolute Gasteiger partial charge is 0.495 e. The van der Waals surface area contributed by atoms with Crippen molar-refractivity contribution in [2.75, 3.05) is 44.7 Å². The molecule has 0 bridgehead atoms. The molecule has 7 heteroatoms. The number of anilines is 1. The van der Waals surface area contributed by atoms with E-state index in [2.05, 4.69) is 10.2 Å². The third-order valence-corrected chi connectivity index (χ3v) is 4.21. The highest BCUT2D eigenvalue weighted by molar-refractivity contribution is 6.37. The van der Waals surface area contributed by atoms with E-state index in [1.165, 1.54) is 0 Å². The van der Waals surface area contributed by atoms with E-state index in [-0.39, 0.29) is 18.4 Å². The molecule has 1 aromatic carbocycles. The predicted molar refractivity (Wildman–Crippen MR) is 94.6 cm³/mol. The molecule has 1 aromatic rings. The first-order chi connectivity index (χ1) is 11.9. The van der Waals surface area contributed by atoms with Crippen LogP contribution in [-0.4, -0.2) is 62.3 Å². The van der Waals surface area contributed by atoms with Crippen LogP contribution >= 0.6 is 0 Å². The van der Waals surface area contributed by atoms with E-state index in [0.717, 1.165) is 11.4 Å². The Labute approximate surface area is 147 Å². The maximum absolute atomic E-state index is 12.2. The lowest BCUT2D eigenvalue weighted by molar-refractivity contribution is -0.141. The first kappa shape index (κ1) is 18.8. The standard InChI is InChI=1S/C18H25N3O4/c1-13(2)17(23)18(24)19-12-16(22)21-10-8-20(9-11-21)14-6-4-5-7-15(14)25-3/h4-7,13H,8-12H2,1-3H3,(H,19,24). The maximum atomic E-state index is 12.2. The fourth-order valence-corrected chi connectivity index (χ4v) is 2.70. The second kappa shape index (κ2) is 8.50. The molecule has 1 saturated heterocycles. The molecule has 1 aliphatic heterocycles. The molecule has 0 radical (unpaired) electrons. The van der Waals surface area contributed by atoms with Gasteiger partial charge in [0.15, 0.2) is 0 Å². The number of amides is 2. The van der Waals surface area contributed by atoms with Gasteiger partial charge in [-0.1, -0.05) is 26.0 Å². The molecule has 25 heavy (non-hydrogen) atoms. The number of Topliss-reactive ketones (excluding diaryl/α,β-unsaturated/α-hetero) is 1. The zero-order valence-corrected chi connectivity index (χ0v) is 14.9. The highest BCUT2D eigenvalue weighted by atomic mass is 16.5. The van der Waals surface area contributed by atoms with Crippen molar-refractivity contribution in [3.8, 4) is 5.75 Å². The molecule has 0 spiro atoms. The number of nitrogens with zero attached hydrogens (tertiary/aromatic N) is 2. The molecule has 136 valence electrons. The average Bonchev–Trinajstić information content (AvgIpc) is 2.65. The SMILES string of the molecule is COc1ccccc1N1CCN(C(=O)CNC(=O)C(=O)C(C)C)CC1. The number of piperazine rings is 1. The van der Waals surface area contributed by atoms with Gasteiger partial charge in [-0.2, -0.15) is 0 Å². The van der Waals surface area contributed by atoms with Crippen LogP contribution in [0.4, 0.5) is 5.69 Å². The molecule has 2 rings (SSSR count). The number of ether oxygens (including phenoxy) is 1. The van der Waals surface area contributed by atoms with Crippen molar-refractivity contribution in [1.29, 1.82) is 0 Å². The minimum Gasteiger partial charge on any atom is -0.495 e. The zero-order chi connectivity index (χ0) is 18.4. The first-order valence-electron chi connectivity index (χ1n) is 8.41. The highest BCUT2D eigenvalue weighted by Gasteiger charge is 2.24. The Hall–Kier alpha value is -2.57. The molecule has 1 fully saturated rings. The van der Waals surface area contributed by atoms with E-state index >= 15 is 0 Å². The number of benzene rings is 1. The normalized spacial score (nSPS) is 14.4. The topological polar surface area (TPSA) is 79.0 Å². The van der Waals surface area contributed by atoms with Crippen LogP contribution in [0.25, 0.3) is 0 Å². The summed E-state index contributed by atoms with van der Waals surface area (Å²) in [5, 5.41) is 2.41. The van der Waals surface area contributed by atoms with E-state index < -0.39 is 11.7 Å². The van der Waals surface area contributed by atoms with Crippen LogP contribution in [-0.2, 0) is 14.4 Å². The molecule has 1 heterocycles. The van der Waals surface area contributed by atoms with Crippen molar-refractivity contribution in [2.24, 2.45) is 5.92 Å². The average molecular weight is 347 g/mol. The van der Waals surface area contributed by atoms with E-state index in [1.807, 2.05) is 24.3 Å². The molecule has 0 atom stereocenters. The van der Waals surface area contributed by atoms with Gasteiger partial charge in [-0.15, -0.1) is 0 Å². The lowest BCUT2D eigenvalue weighted by Gasteiger charge is -2.36.